The highest BCUT2D eigenvalue weighted by Gasteiger charge is 2.46. The summed E-state index contributed by atoms with van der Waals surface area (Å²) in [4.78, 5) is 39.5. The number of benzene rings is 2. The highest BCUT2D eigenvalue weighted by atomic mass is 19.1. The van der Waals surface area contributed by atoms with E-state index in [-0.39, 0.29) is 28.9 Å². The molecule has 3 rings (SSSR count). The molecule has 8 nitrogen and oxygen atoms in total. The van der Waals surface area contributed by atoms with Gasteiger partial charge in [-0.2, -0.15) is 0 Å². The lowest BCUT2D eigenvalue weighted by atomic mass is 9.95. The third-order valence-electron chi connectivity index (χ3n) is 5.64. The number of non-ortho nitro benzene ring substituents is 1. The van der Waals surface area contributed by atoms with Crippen molar-refractivity contribution < 1.29 is 24.0 Å². The molecule has 0 saturated carbocycles. The molecule has 1 fully saturated rings. The number of rotatable bonds is 8. The van der Waals surface area contributed by atoms with Crippen molar-refractivity contribution >= 4 is 23.1 Å². The number of likely N-dealkylation sites (tertiary alicyclic amines) is 1. The van der Waals surface area contributed by atoms with Crippen LogP contribution in [-0.2, 0) is 9.59 Å². The summed E-state index contributed by atoms with van der Waals surface area (Å²) in [5.41, 5.74) is -0.214. The smallest absolute Gasteiger partial charge is 0.295 e. The van der Waals surface area contributed by atoms with E-state index in [1.165, 1.54) is 47.4 Å². The second-order valence-corrected chi connectivity index (χ2v) is 7.34. The van der Waals surface area contributed by atoms with Crippen LogP contribution in [0.15, 0.2) is 54.1 Å². The summed E-state index contributed by atoms with van der Waals surface area (Å²) < 4.78 is 14.7. The Kier molecular flexibility index (Phi) is 6.99. The molecule has 0 bridgehead atoms. The van der Waals surface area contributed by atoms with Crippen LogP contribution in [0.25, 0.3) is 5.76 Å². The zero-order chi connectivity index (χ0) is 23.4. The molecule has 0 spiro atoms. The number of halogens is 1. The minimum Gasteiger partial charge on any atom is -0.507 e. The van der Waals surface area contributed by atoms with Crippen LogP contribution in [0.1, 0.15) is 31.0 Å². The van der Waals surface area contributed by atoms with Gasteiger partial charge in [0, 0.05) is 36.3 Å². The van der Waals surface area contributed by atoms with Crippen LogP contribution < -0.4 is 0 Å². The van der Waals surface area contributed by atoms with Crippen molar-refractivity contribution in [3.8, 4) is 0 Å². The van der Waals surface area contributed by atoms with Crippen LogP contribution in [-0.4, -0.2) is 57.7 Å². The summed E-state index contributed by atoms with van der Waals surface area (Å²) in [5.74, 6) is -2.86. The number of hydrogen-bond acceptors (Lipinski definition) is 6. The molecule has 2 aromatic rings. The SMILES string of the molecule is CCN(CC)CCN1C(=O)C(=O)C(=C(O)c2ccc([N+](=O)[O-])cc2)C1c1ccccc1F. The van der Waals surface area contributed by atoms with Gasteiger partial charge in [0.05, 0.1) is 16.5 Å². The molecule has 1 atom stereocenters. The van der Waals surface area contributed by atoms with Gasteiger partial charge in [-0.05, 0) is 31.3 Å². The third kappa shape index (κ3) is 4.38. The van der Waals surface area contributed by atoms with Crippen LogP contribution in [0.3, 0.4) is 0 Å². The minimum atomic E-state index is -1.11. The largest absolute Gasteiger partial charge is 0.507 e. The zero-order valence-electron chi connectivity index (χ0n) is 17.8. The Morgan fingerprint density at radius 1 is 1.12 bits per heavy atom. The summed E-state index contributed by atoms with van der Waals surface area (Å²) in [7, 11) is 0. The molecular formula is C23H24FN3O5. The van der Waals surface area contributed by atoms with E-state index in [2.05, 4.69) is 4.90 Å². The number of nitro groups is 1. The number of Topliss-reactive ketones (excluding diaryl/α,β-unsaturated/α-hetero) is 1. The Bertz CT molecular complexity index is 1060. The number of nitro benzene ring substituents is 1. The third-order valence-corrected chi connectivity index (χ3v) is 5.64. The maximum Gasteiger partial charge on any atom is 0.295 e. The molecule has 1 N–H and O–H groups in total. The molecular weight excluding hydrogens is 417 g/mol. The van der Waals surface area contributed by atoms with Gasteiger partial charge in [0.1, 0.15) is 11.6 Å². The first-order chi connectivity index (χ1) is 15.3. The Morgan fingerprint density at radius 3 is 2.31 bits per heavy atom. The summed E-state index contributed by atoms with van der Waals surface area (Å²) >= 11 is 0. The number of ketones is 1. The number of carbonyl (C=O) groups is 2. The number of aliphatic hydroxyl groups is 1. The first-order valence-corrected chi connectivity index (χ1v) is 10.3. The second kappa shape index (κ2) is 9.69. The number of nitrogens with zero attached hydrogens (tertiary/aromatic N) is 3. The molecule has 1 aliphatic rings. The highest BCUT2D eigenvalue weighted by Crippen LogP contribution is 2.40. The van der Waals surface area contributed by atoms with E-state index in [1.54, 1.807) is 6.07 Å². The maximum absolute atomic E-state index is 14.7. The number of hydrogen-bond donors (Lipinski definition) is 1. The van der Waals surface area contributed by atoms with Gasteiger partial charge in [0.2, 0.25) is 0 Å². The average Bonchev–Trinajstić information content (AvgIpc) is 3.04. The number of amides is 1. The summed E-state index contributed by atoms with van der Waals surface area (Å²) in [6.07, 6.45) is 0. The van der Waals surface area contributed by atoms with Crippen LogP contribution in [0, 0.1) is 15.9 Å². The first kappa shape index (κ1) is 23.1. The molecule has 1 heterocycles. The fourth-order valence-electron chi connectivity index (χ4n) is 3.82. The average molecular weight is 441 g/mol. The summed E-state index contributed by atoms with van der Waals surface area (Å²) in [6, 6.07) is 9.62. The molecule has 9 heteroatoms. The topological polar surface area (TPSA) is 104 Å². The number of likely N-dealkylation sites (N-methyl/N-ethyl adjacent to an activating group) is 1. The van der Waals surface area contributed by atoms with Crippen LogP contribution >= 0.6 is 0 Å². The number of carbonyl (C=O) groups excluding carboxylic acids is 2. The molecule has 1 saturated heterocycles. The summed E-state index contributed by atoms with van der Waals surface area (Å²) in [5, 5.41) is 21.8. The highest BCUT2D eigenvalue weighted by molar-refractivity contribution is 6.46. The van der Waals surface area contributed by atoms with Gasteiger partial charge in [-0.1, -0.05) is 32.0 Å². The molecule has 168 valence electrons. The molecule has 1 unspecified atom stereocenters. The fourth-order valence-corrected chi connectivity index (χ4v) is 3.82. The molecule has 0 aromatic heterocycles. The molecule has 0 radical (unpaired) electrons. The van der Waals surface area contributed by atoms with Gasteiger partial charge in [-0.3, -0.25) is 19.7 Å². The monoisotopic (exact) mass is 441 g/mol. The molecule has 32 heavy (non-hydrogen) atoms. The van der Waals surface area contributed by atoms with Gasteiger partial charge in [0.25, 0.3) is 17.4 Å². The molecule has 2 aromatic carbocycles. The molecule has 1 aliphatic heterocycles. The van der Waals surface area contributed by atoms with E-state index >= 15 is 0 Å². The standard InChI is InChI=1S/C23H24FN3O5/c1-3-25(4-2)13-14-26-20(17-7-5-6-8-18(17)24)19(22(29)23(26)30)21(28)15-9-11-16(12-10-15)27(31)32/h5-12,20,28H,3-4,13-14H2,1-2H3. The minimum absolute atomic E-state index is 0.0923. The van der Waals surface area contributed by atoms with Crippen molar-refractivity contribution in [3.63, 3.8) is 0 Å². The van der Waals surface area contributed by atoms with Crippen LogP contribution in [0.5, 0.6) is 0 Å². The lowest BCUT2D eigenvalue weighted by molar-refractivity contribution is -0.384. The Hall–Kier alpha value is -3.59. The van der Waals surface area contributed by atoms with E-state index in [9.17, 15) is 29.2 Å². The quantitative estimate of drug-likeness (QED) is 0.221. The Balaban J connectivity index is 2.11. The fraction of sp³-hybridized carbons (Fsp3) is 0.304. The van der Waals surface area contributed by atoms with Gasteiger partial charge >= 0.3 is 0 Å². The first-order valence-electron chi connectivity index (χ1n) is 10.3. The van der Waals surface area contributed by atoms with Gasteiger partial charge < -0.3 is 14.9 Å². The van der Waals surface area contributed by atoms with E-state index in [0.717, 1.165) is 13.1 Å². The summed E-state index contributed by atoms with van der Waals surface area (Å²) in [6.45, 7) is 6.08. The van der Waals surface area contributed by atoms with Gasteiger partial charge in [-0.15, -0.1) is 0 Å². The predicted octanol–water partition coefficient (Wildman–Crippen LogP) is 3.50. The lowest BCUT2D eigenvalue weighted by Gasteiger charge is -2.28. The molecule has 1 amide bonds. The van der Waals surface area contributed by atoms with Crippen LogP contribution in [0.2, 0.25) is 0 Å². The lowest BCUT2D eigenvalue weighted by Crippen LogP contribution is -2.38. The normalized spacial score (nSPS) is 17.9. The van der Waals surface area contributed by atoms with Crippen molar-refractivity contribution in [2.24, 2.45) is 0 Å². The Morgan fingerprint density at radius 2 is 1.75 bits per heavy atom. The van der Waals surface area contributed by atoms with E-state index in [4.69, 9.17) is 0 Å². The van der Waals surface area contributed by atoms with Gasteiger partial charge in [0.15, 0.2) is 0 Å². The van der Waals surface area contributed by atoms with E-state index < -0.39 is 34.2 Å². The maximum atomic E-state index is 14.7. The van der Waals surface area contributed by atoms with E-state index in [1.807, 2.05) is 13.8 Å². The zero-order valence-corrected chi connectivity index (χ0v) is 17.8. The van der Waals surface area contributed by atoms with Crippen molar-refractivity contribution in [3.05, 3.63) is 81.2 Å². The predicted molar refractivity (Wildman–Crippen MR) is 116 cm³/mol. The number of aliphatic hydroxyl groups excluding tert-OH is 1. The second-order valence-electron chi connectivity index (χ2n) is 7.34. The Labute approximate surface area is 184 Å². The molecule has 0 aliphatic carbocycles. The van der Waals surface area contributed by atoms with E-state index in [0.29, 0.717) is 6.54 Å². The van der Waals surface area contributed by atoms with Crippen LogP contribution in [0.4, 0.5) is 10.1 Å². The van der Waals surface area contributed by atoms with Gasteiger partial charge in [-0.25, -0.2) is 4.39 Å². The van der Waals surface area contributed by atoms with Crippen molar-refractivity contribution in [1.82, 2.24) is 9.80 Å². The van der Waals surface area contributed by atoms with Crippen molar-refractivity contribution in [1.29, 1.82) is 0 Å². The van der Waals surface area contributed by atoms with Crippen molar-refractivity contribution in [2.75, 3.05) is 26.2 Å². The van der Waals surface area contributed by atoms with Crippen molar-refractivity contribution in [2.45, 2.75) is 19.9 Å².